The van der Waals surface area contributed by atoms with Crippen LogP contribution in [-0.2, 0) is 4.79 Å². The van der Waals surface area contributed by atoms with Gasteiger partial charge in [0.15, 0.2) is 11.5 Å². The zero-order valence-electron chi connectivity index (χ0n) is 17.0. The van der Waals surface area contributed by atoms with Gasteiger partial charge in [-0.2, -0.15) is 0 Å². The predicted octanol–water partition coefficient (Wildman–Crippen LogP) is 4.08. The summed E-state index contributed by atoms with van der Waals surface area (Å²) in [5, 5.41) is 4.31. The molecule has 30 heavy (non-hydrogen) atoms. The number of hydrogen-bond donors (Lipinski definition) is 1. The van der Waals surface area contributed by atoms with Crippen LogP contribution in [0.4, 0.5) is 0 Å². The zero-order chi connectivity index (χ0) is 20.5. The maximum atomic E-state index is 12.7. The summed E-state index contributed by atoms with van der Waals surface area (Å²) in [6.45, 7) is 4.50. The number of nitrogens with zero attached hydrogens (tertiary/aromatic N) is 2. The predicted molar refractivity (Wildman–Crippen MR) is 117 cm³/mol. The van der Waals surface area contributed by atoms with Crippen molar-refractivity contribution in [1.29, 1.82) is 0 Å². The molecule has 156 valence electrons. The molecule has 0 radical (unpaired) electrons. The fraction of sp³-hybridized carbons (Fsp3) is 0.391. The van der Waals surface area contributed by atoms with E-state index in [9.17, 15) is 4.79 Å². The molecule has 5 rings (SSSR count). The van der Waals surface area contributed by atoms with Gasteiger partial charge in [-0.15, -0.1) is 11.3 Å². The van der Waals surface area contributed by atoms with Crippen molar-refractivity contribution in [3.63, 3.8) is 0 Å². The molecule has 0 saturated carbocycles. The number of hydrogen-bond acceptors (Lipinski definition) is 6. The van der Waals surface area contributed by atoms with E-state index in [1.165, 1.54) is 9.71 Å². The van der Waals surface area contributed by atoms with E-state index in [2.05, 4.69) is 28.4 Å². The number of rotatable bonds is 5. The van der Waals surface area contributed by atoms with E-state index in [0.29, 0.717) is 12.5 Å². The number of thiazole rings is 1. The Bertz CT molecular complexity index is 1030. The average molecular weight is 424 g/mol. The Labute approximate surface area is 179 Å². The van der Waals surface area contributed by atoms with Gasteiger partial charge in [0.25, 0.3) is 0 Å². The molecular weight excluding hydrogens is 398 g/mol. The molecule has 0 unspecified atom stereocenters. The van der Waals surface area contributed by atoms with E-state index in [1.807, 2.05) is 31.2 Å². The van der Waals surface area contributed by atoms with Crippen LogP contribution in [0, 0.1) is 0 Å². The molecule has 1 N–H and O–H groups in total. The minimum absolute atomic E-state index is 0.0464. The van der Waals surface area contributed by atoms with E-state index in [4.69, 9.17) is 14.5 Å². The van der Waals surface area contributed by atoms with E-state index >= 15 is 0 Å². The molecule has 1 fully saturated rings. The fourth-order valence-corrected chi connectivity index (χ4v) is 5.31. The Hall–Kier alpha value is -2.64. The summed E-state index contributed by atoms with van der Waals surface area (Å²) in [5.74, 6) is 1.94. The molecule has 2 atom stereocenters. The summed E-state index contributed by atoms with van der Waals surface area (Å²) in [6, 6.07) is 14.0. The summed E-state index contributed by atoms with van der Waals surface area (Å²) in [6.07, 6.45) is 2.22. The molecule has 1 aromatic heterocycles. The van der Waals surface area contributed by atoms with Crippen LogP contribution in [0.15, 0.2) is 42.5 Å². The van der Waals surface area contributed by atoms with Gasteiger partial charge in [-0.3, -0.25) is 9.69 Å². The maximum absolute atomic E-state index is 12.7. The normalized spacial score (nSPS) is 19.7. The molecule has 1 amide bonds. The van der Waals surface area contributed by atoms with Crippen LogP contribution in [0.5, 0.6) is 11.5 Å². The van der Waals surface area contributed by atoms with E-state index < -0.39 is 0 Å². The van der Waals surface area contributed by atoms with Crippen molar-refractivity contribution in [3.05, 3.63) is 53.0 Å². The number of benzene rings is 2. The van der Waals surface area contributed by atoms with Gasteiger partial charge in [0, 0.05) is 12.5 Å². The Morgan fingerprint density at radius 3 is 3.03 bits per heavy atom. The molecule has 2 aromatic carbocycles. The average Bonchev–Trinajstić information content (AvgIpc) is 3.40. The molecule has 2 aliphatic rings. The number of para-hydroxylation sites is 1. The summed E-state index contributed by atoms with van der Waals surface area (Å²) in [5.41, 5.74) is 2.09. The summed E-state index contributed by atoms with van der Waals surface area (Å²) < 4.78 is 12.0. The van der Waals surface area contributed by atoms with Gasteiger partial charge in [-0.05, 0) is 56.1 Å². The third kappa shape index (κ3) is 4.00. The van der Waals surface area contributed by atoms with Gasteiger partial charge >= 0.3 is 0 Å². The van der Waals surface area contributed by atoms with Crippen molar-refractivity contribution in [3.8, 4) is 11.5 Å². The third-order valence-electron chi connectivity index (χ3n) is 5.81. The number of likely N-dealkylation sites (tertiary alicyclic amines) is 1. The van der Waals surface area contributed by atoms with Gasteiger partial charge < -0.3 is 14.8 Å². The Morgan fingerprint density at radius 1 is 1.27 bits per heavy atom. The molecule has 1 saturated heterocycles. The summed E-state index contributed by atoms with van der Waals surface area (Å²) >= 11 is 1.78. The first-order valence-electron chi connectivity index (χ1n) is 10.4. The Morgan fingerprint density at radius 2 is 2.13 bits per heavy atom. The van der Waals surface area contributed by atoms with Crippen molar-refractivity contribution >= 4 is 27.5 Å². The van der Waals surface area contributed by atoms with Crippen molar-refractivity contribution in [1.82, 2.24) is 15.2 Å². The van der Waals surface area contributed by atoms with Crippen molar-refractivity contribution in [2.75, 3.05) is 26.4 Å². The first kappa shape index (κ1) is 19.3. The third-order valence-corrected chi connectivity index (χ3v) is 7.01. The highest BCUT2D eigenvalue weighted by Gasteiger charge is 2.26. The minimum atomic E-state index is -0.0863. The SMILES string of the molecule is C[C@@H](NC(=O)CN1CCC[C@H](c2nc3ccccc3s2)C1)c1ccc2c(c1)OCO2. The molecule has 3 heterocycles. The van der Waals surface area contributed by atoms with Gasteiger partial charge in [0.1, 0.15) is 0 Å². The number of carbonyl (C=O) groups excluding carboxylic acids is 1. The number of aromatic nitrogens is 1. The molecule has 3 aromatic rings. The number of nitrogens with one attached hydrogen (secondary N) is 1. The van der Waals surface area contributed by atoms with Crippen LogP contribution >= 0.6 is 11.3 Å². The fourth-order valence-electron chi connectivity index (χ4n) is 4.22. The number of carbonyl (C=O) groups is 1. The smallest absolute Gasteiger partial charge is 0.234 e. The number of ether oxygens (including phenoxy) is 2. The largest absolute Gasteiger partial charge is 0.454 e. The Kier molecular flexibility index (Phi) is 5.31. The van der Waals surface area contributed by atoms with Gasteiger partial charge in [0.2, 0.25) is 12.7 Å². The lowest BCUT2D eigenvalue weighted by atomic mass is 9.98. The van der Waals surface area contributed by atoms with Crippen LogP contribution in [0.2, 0.25) is 0 Å². The van der Waals surface area contributed by atoms with Crippen LogP contribution in [0.3, 0.4) is 0 Å². The van der Waals surface area contributed by atoms with Crippen LogP contribution in [0.25, 0.3) is 10.2 Å². The number of amides is 1. The lowest BCUT2D eigenvalue weighted by molar-refractivity contribution is -0.123. The van der Waals surface area contributed by atoms with Crippen molar-refractivity contribution < 1.29 is 14.3 Å². The molecule has 2 aliphatic heterocycles. The van der Waals surface area contributed by atoms with Crippen LogP contribution in [0.1, 0.15) is 42.3 Å². The molecule has 0 aliphatic carbocycles. The van der Waals surface area contributed by atoms with E-state index in [-0.39, 0.29) is 18.7 Å². The lowest BCUT2D eigenvalue weighted by Crippen LogP contribution is -2.42. The second-order valence-corrected chi connectivity index (χ2v) is 9.06. The number of fused-ring (bicyclic) bond motifs is 2. The molecular formula is C23H25N3O3S. The van der Waals surface area contributed by atoms with Crippen LogP contribution in [-0.4, -0.2) is 42.2 Å². The molecule has 0 spiro atoms. The van der Waals surface area contributed by atoms with Gasteiger partial charge in [0.05, 0.1) is 27.8 Å². The van der Waals surface area contributed by atoms with E-state index in [1.54, 1.807) is 11.3 Å². The standard InChI is InChI=1S/C23H25N3O3S/c1-15(16-8-9-19-20(11-16)29-14-28-19)24-22(27)13-26-10-4-5-17(12-26)23-25-18-6-2-3-7-21(18)30-23/h2-3,6-9,11,15,17H,4-5,10,12-14H2,1H3,(H,24,27)/t15-,17+/m1/s1. The highest BCUT2D eigenvalue weighted by Crippen LogP contribution is 2.34. The minimum Gasteiger partial charge on any atom is -0.454 e. The van der Waals surface area contributed by atoms with Gasteiger partial charge in [-0.1, -0.05) is 18.2 Å². The van der Waals surface area contributed by atoms with E-state index in [0.717, 1.165) is 48.5 Å². The van der Waals surface area contributed by atoms with Crippen molar-refractivity contribution in [2.24, 2.45) is 0 Å². The van der Waals surface area contributed by atoms with Crippen molar-refractivity contribution in [2.45, 2.75) is 31.7 Å². The maximum Gasteiger partial charge on any atom is 0.234 e. The summed E-state index contributed by atoms with van der Waals surface area (Å²) in [4.78, 5) is 19.8. The number of piperidine rings is 1. The monoisotopic (exact) mass is 423 g/mol. The second kappa shape index (κ2) is 8.24. The molecule has 7 heteroatoms. The lowest BCUT2D eigenvalue weighted by Gasteiger charge is -2.31. The topological polar surface area (TPSA) is 63.7 Å². The second-order valence-electron chi connectivity index (χ2n) is 8.00. The quantitative estimate of drug-likeness (QED) is 0.670. The first-order chi connectivity index (χ1) is 14.7. The Balaban J connectivity index is 1.19. The molecule has 6 nitrogen and oxygen atoms in total. The first-order valence-corrected chi connectivity index (χ1v) is 11.2. The van der Waals surface area contributed by atoms with Crippen LogP contribution < -0.4 is 14.8 Å². The molecule has 0 bridgehead atoms. The summed E-state index contributed by atoms with van der Waals surface area (Å²) in [7, 11) is 0. The highest BCUT2D eigenvalue weighted by atomic mass is 32.1. The van der Waals surface area contributed by atoms with Gasteiger partial charge in [-0.25, -0.2) is 4.98 Å². The highest BCUT2D eigenvalue weighted by molar-refractivity contribution is 7.18. The zero-order valence-corrected chi connectivity index (χ0v) is 17.8.